The minimum atomic E-state index is -4.66. The van der Waals surface area contributed by atoms with Crippen molar-refractivity contribution in [3.05, 3.63) is 53.6 Å². The van der Waals surface area contributed by atoms with Crippen molar-refractivity contribution in [1.82, 2.24) is 19.8 Å². The molecule has 0 amide bonds. The van der Waals surface area contributed by atoms with Crippen molar-refractivity contribution < 1.29 is 17.6 Å². The third-order valence-corrected chi connectivity index (χ3v) is 3.88. The summed E-state index contributed by atoms with van der Waals surface area (Å²) in [6.45, 7) is 5.89. The van der Waals surface area contributed by atoms with Gasteiger partial charge in [-0.3, -0.25) is 0 Å². The molecule has 1 aromatic carbocycles. The van der Waals surface area contributed by atoms with E-state index >= 15 is 0 Å². The van der Waals surface area contributed by atoms with Crippen molar-refractivity contribution in [3.8, 4) is 0 Å². The monoisotopic (exact) mass is 367 g/mol. The Kier molecular flexibility index (Phi) is 4.33. The number of rotatable bonds is 3. The molecule has 2 aromatic heterocycles. The van der Waals surface area contributed by atoms with Crippen LogP contribution in [0.25, 0.3) is 5.65 Å². The summed E-state index contributed by atoms with van der Waals surface area (Å²) >= 11 is 0. The van der Waals surface area contributed by atoms with E-state index in [2.05, 4.69) is 20.6 Å². The highest BCUT2D eigenvalue weighted by atomic mass is 19.4. The number of halogens is 4. The second-order valence-corrected chi connectivity index (χ2v) is 7.00. The highest BCUT2D eigenvalue weighted by Crippen LogP contribution is 2.35. The normalized spacial score (nSPS) is 13.8. The lowest BCUT2D eigenvalue weighted by atomic mass is 9.82. The SMILES string of the molecule is CC(C)(C)C(Nc1ccc2nnc(C(F)(F)F)n2n1)c1ccc(F)cc1. The van der Waals surface area contributed by atoms with E-state index in [1.165, 1.54) is 24.3 Å². The topological polar surface area (TPSA) is 55.1 Å². The van der Waals surface area contributed by atoms with Crippen molar-refractivity contribution in [2.75, 3.05) is 5.32 Å². The summed E-state index contributed by atoms with van der Waals surface area (Å²) in [7, 11) is 0. The molecule has 3 aromatic rings. The molecule has 9 heteroatoms. The lowest BCUT2D eigenvalue weighted by Gasteiger charge is -2.32. The molecule has 1 N–H and O–H groups in total. The van der Waals surface area contributed by atoms with Gasteiger partial charge in [-0.25, -0.2) is 4.39 Å². The molecule has 0 aliphatic heterocycles. The maximum absolute atomic E-state index is 13.2. The molecule has 2 heterocycles. The average Bonchev–Trinajstić information content (AvgIpc) is 2.96. The van der Waals surface area contributed by atoms with Crippen LogP contribution in [0.2, 0.25) is 0 Å². The molecular weight excluding hydrogens is 350 g/mol. The van der Waals surface area contributed by atoms with E-state index < -0.39 is 12.0 Å². The van der Waals surface area contributed by atoms with E-state index in [4.69, 9.17) is 0 Å². The van der Waals surface area contributed by atoms with Crippen molar-refractivity contribution in [2.45, 2.75) is 33.0 Å². The largest absolute Gasteiger partial charge is 0.453 e. The molecule has 0 bridgehead atoms. The summed E-state index contributed by atoms with van der Waals surface area (Å²) in [6.07, 6.45) is -4.66. The molecule has 0 saturated heterocycles. The van der Waals surface area contributed by atoms with Crippen LogP contribution in [0, 0.1) is 11.2 Å². The van der Waals surface area contributed by atoms with E-state index in [1.807, 2.05) is 20.8 Å². The van der Waals surface area contributed by atoms with Gasteiger partial charge in [0.05, 0.1) is 6.04 Å². The Labute approximate surface area is 147 Å². The highest BCUT2D eigenvalue weighted by molar-refractivity contribution is 5.46. The zero-order valence-electron chi connectivity index (χ0n) is 14.3. The number of nitrogens with one attached hydrogen (secondary N) is 1. The Bertz CT molecular complexity index is 910. The van der Waals surface area contributed by atoms with Crippen LogP contribution in [-0.2, 0) is 6.18 Å². The predicted octanol–water partition coefficient (Wildman–Crippen LogP) is 4.48. The maximum Gasteiger partial charge on any atom is 0.453 e. The number of fused-ring (bicyclic) bond motifs is 1. The molecule has 1 atom stereocenters. The molecule has 0 aliphatic rings. The standard InChI is InChI=1S/C17H17F4N5/c1-16(2,3)14(10-4-6-11(18)7-5-10)22-12-8-9-13-23-24-15(17(19,20)21)26(13)25-12/h4-9,14H,1-3H3,(H,22,25). The first-order valence-corrected chi connectivity index (χ1v) is 7.87. The molecule has 0 spiro atoms. The van der Waals surface area contributed by atoms with Crippen LogP contribution < -0.4 is 5.32 Å². The summed E-state index contributed by atoms with van der Waals surface area (Å²) in [6, 6.07) is 8.59. The van der Waals surface area contributed by atoms with Gasteiger partial charge in [-0.05, 0) is 35.2 Å². The van der Waals surface area contributed by atoms with Gasteiger partial charge < -0.3 is 5.32 Å². The van der Waals surface area contributed by atoms with Crippen molar-refractivity contribution in [2.24, 2.45) is 5.41 Å². The summed E-state index contributed by atoms with van der Waals surface area (Å²) in [5, 5.41) is 13.8. The first kappa shape index (κ1) is 18.1. The van der Waals surface area contributed by atoms with Crippen molar-refractivity contribution >= 4 is 11.5 Å². The number of benzene rings is 1. The Morgan fingerprint density at radius 2 is 1.62 bits per heavy atom. The summed E-state index contributed by atoms with van der Waals surface area (Å²) in [5.74, 6) is -1.32. The van der Waals surface area contributed by atoms with Gasteiger partial charge in [0.1, 0.15) is 11.6 Å². The van der Waals surface area contributed by atoms with E-state index in [9.17, 15) is 17.6 Å². The van der Waals surface area contributed by atoms with E-state index in [1.54, 1.807) is 12.1 Å². The average molecular weight is 367 g/mol. The third kappa shape index (κ3) is 3.61. The molecule has 0 aliphatic carbocycles. The molecule has 0 saturated carbocycles. The lowest BCUT2D eigenvalue weighted by molar-refractivity contribution is -0.146. The highest BCUT2D eigenvalue weighted by Gasteiger charge is 2.37. The van der Waals surface area contributed by atoms with Crippen LogP contribution in [0.1, 0.15) is 38.2 Å². The first-order chi connectivity index (χ1) is 12.1. The van der Waals surface area contributed by atoms with E-state index in [0.29, 0.717) is 4.52 Å². The van der Waals surface area contributed by atoms with Gasteiger partial charge in [-0.2, -0.15) is 17.7 Å². The van der Waals surface area contributed by atoms with Crippen molar-refractivity contribution in [3.63, 3.8) is 0 Å². The van der Waals surface area contributed by atoms with Crippen LogP contribution in [0.4, 0.5) is 23.4 Å². The molecule has 0 fully saturated rings. The first-order valence-electron chi connectivity index (χ1n) is 7.87. The number of hydrogen-bond donors (Lipinski definition) is 1. The third-order valence-electron chi connectivity index (χ3n) is 3.88. The molecule has 3 rings (SSSR count). The molecule has 26 heavy (non-hydrogen) atoms. The van der Waals surface area contributed by atoms with Gasteiger partial charge in [-0.1, -0.05) is 32.9 Å². The molecule has 5 nitrogen and oxygen atoms in total. The fourth-order valence-corrected chi connectivity index (χ4v) is 2.65. The maximum atomic E-state index is 13.2. The van der Waals surface area contributed by atoms with Gasteiger partial charge in [0, 0.05) is 0 Å². The second-order valence-electron chi connectivity index (χ2n) is 7.00. The van der Waals surface area contributed by atoms with Crippen LogP contribution >= 0.6 is 0 Å². The van der Waals surface area contributed by atoms with Crippen LogP contribution in [0.5, 0.6) is 0 Å². The lowest BCUT2D eigenvalue weighted by Crippen LogP contribution is -2.26. The number of aromatic nitrogens is 4. The predicted molar refractivity (Wildman–Crippen MR) is 88.0 cm³/mol. The number of hydrogen-bond acceptors (Lipinski definition) is 4. The van der Waals surface area contributed by atoms with Gasteiger partial charge in [0.2, 0.25) is 0 Å². The number of anilines is 1. The van der Waals surface area contributed by atoms with E-state index in [-0.39, 0.29) is 28.7 Å². The number of alkyl halides is 3. The smallest absolute Gasteiger partial charge is 0.361 e. The summed E-state index contributed by atoms with van der Waals surface area (Å²) in [4.78, 5) is 0. The molecule has 0 radical (unpaired) electrons. The van der Waals surface area contributed by atoms with Gasteiger partial charge in [-0.15, -0.1) is 15.3 Å². The second kappa shape index (κ2) is 6.22. The summed E-state index contributed by atoms with van der Waals surface area (Å²) in [5.41, 5.74) is 0.478. The Hall–Kier alpha value is -2.71. The minimum absolute atomic E-state index is 0.00281. The van der Waals surface area contributed by atoms with Crippen LogP contribution in [-0.4, -0.2) is 19.8 Å². The molecular formula is C17H17F4N5. The van der Waals surface area contributed by atoms with Gasteiger partial charge in [0.15, 0.2) is 5.65 Å². The zero-order chi connectivity index (χ0) is 19.1. The number of nitrogens with zero attached hydrogens (tertiary/aromatic N) is 4. The Balaban J connectivity index is 2.00. The van der Waals surface area contributed by atoms with Crippen LogP contribution in [0.15, 0.2) is 36.4 Å². The van der Waals surface area contributed by atoms with Gasteiger partial charge in [0.25, 0.3) is 5.82 Å². The zero-order valence-corrected chi connectivity index (χ0v) is 14.3. The quantitative estimate of drug-likeness (QED) is 0.694. The van der Waals surface area contributed by atoms with Crippen molar-refractivity contribution in [1.29, 1.82) is 0 Å². The minimum Gasteiger partial charge on any atom is -0.361 e. The summed E-state index contributed by atoms with van der Waals surface area (Å²) < 4.78 is 52.9. The molecule has 1 unspecified atom stereocenters. The fraction of sp³-hybridized carbons (Fsp3) is 0.353. The van der Waals surface area contributed by atoms with E-state index in [0.717, 1.165) is 5.56 Å². The Morgan fingerprint density at radius 3 is 2.19 bits per heavy atom. The van der Waals surface area contributed by atoms with Gasteiger partial charge >= 0.3 is 6.18 Å². The Morgan fingerprint density at radius 1 is 0.962 bits per heavy atom. The molecule has 138 valence electrons. The van der Waals surface area contributed by atoms with Crippen LogP contribution in [0.3, 0.4) is 0 Å². The fourth-order valence-electron chi connectivity index (χ4n) is 2.65.